The van der Waals surface area contributed by atoms with Gasteiger partial charge in [0.05, 0.1) is 0 Å². The topological polar surface area (TPSA) is 78.9 Å². The second-order valence-corrected chi connectivity index (χ2v) is 23.1. The summed E-state index contributed by atoms with van der Waals surface area (Å²) in [6.45, 7) is 6.54. The van der Waals surface area contributed by atoms with E-state index in [2.05, 4.69) is 130 Å². The smallest absolute Gasteiger partial charge is 0.306 e. The van der Waals surface area contributed by atoms with Gasteiger partial charge in [0, 0.05) is 19.3 Å². The first kappa shape index (κ1) is 78.1. The van der Waals surface area contributed by atoms with Gasteiger partial charge in [0.25, 0.3) is 0 Å². The Morgan fingerprint density at radius 2 is 0.476 bits per heavy atom. The van der Waals surface area contributed by atoms with Crippen molar-refractivity contribution in [2.45, 2.75) is 341 Å². The standard InChI is InChI=1S/C76H130O6/c1-4-7-10-13-16-19-22-25-28-30-32-34-35-36-37-38-39-40-41-43-44-46-48-51-54-57-60-63-66-69-75(78)81-72-73(71-80-74(77)68-65-62-59-56-53-50-27-24-21-18-15-12-9-6-3)82-76(79)70-67-64-61-58-55-52-49-47-45-42-33-31-29-26-23-20-17-14-11-8-5-2/h7,10,16,19,25,28,31-34,36-37,39-40,43-44,48,51,73H,4-6,8-9,11-15,17-18,20-24,26-27,29-30,35,38,41-42,45-47,49-50,52-72H2,1-3H3/b10-7-,19-16-,28-25-,33-31-,34-32-,37-36-,40-39-,44-43-,51-48-. The fourth-order valence-electron chi connectivity index (χ4n) is 9.81. The third-order valence-corrected chi connectivity index (χ3v) is 15.0. The van der Waals surface area contributed by atoms with E-state index in [9.17, 15) is 14.4 Å². The van der Waals surface area contributed by atoms with E-state index < -0.39 is 6.10 Å². The molecule has 0 aliphatic rings. The quantitative estimate of drug-likeness (QED) is 0.0261. The molecule has 0 aromatic heterocycles. The van der Waals surface area contributed by atoms with Crippen LogP contribution in [0.25, 0.3) is 0 Å². The molecule has 0 N–H and O–H groups in total. The molecule has 0 amide bonds. The molecule has 0 fully saturated rings. The van der Waals surface area contributed by atoms with E-state index in [1.165, 1.54) is 173 Å². The van der Waals surface area contributed by atoms with Crippen molar-refractivity contribution in [2.75, 3.05) is 13.2 Å². The highest BCUT2D eigenvalue weighted by Gasteiger charge is 2.19. The number of esters is 3. The summed E-state index contributed by atoms with van der Waals surface area (Å²) in [6.07, 6.45) is 95.3. The molecule has 0 heterocycles. The summed E-state index contributed by atoms with van der Waals surface area (Å²) >= 11 is 0. The lowest BCUT2D eigenvalue weighted by molar-refractivity contribution is -0.167. The number of hydrogen-bond acceptors (Lipinski definition) is 6. The lowest BCUT2D eigenvalue weighted by Crippen LogP contribution is -2.30. The second kappa shape index (κ2) is 69.6. The van der Waals surface area contributed by atoms with Gasteiger partial charge in [0.2, 0.25) is 0 Å². The number of unbranched alkanes of at least 4 members (excludes halogenated alkanes) is 34. The summed E-state index contributed by atoms with van der Waals surface area (Å²) in [5, 5.41) is 0. The summed E-state index contributed by atoms with van der Waals surface area (Å²) in [5.74, 6) is -0.899. The summed E-state index contributed by atoms with van der Waals surface area (Å²) in [7, 11) is 0. The van der Waals surface area contributed by atoms with Crippen LogP contribution in [0.5, 0.6) is 0 Å². The first-order chi connectivity index (χ1) is 40.5. The Balaban J connectivity index is 4.38. The summed E-state index contributed by atoms with van der Waals surface area (Å²) in [6, 6.07) is 0. The highest BCUT2D eigenvalue weighted by molar-refractivity contribution is 5.71. The SMILES string of the molecule is CC/C=C\C/C=C\C/C=C\C/C=C\C/C=C\C/C=C\C/C=C\C/C=C\CCCCCCC(=O)OCC(COC(=O)CCCCCCCCCCCCCCCC)OC(=O)CCCCCCCCCCC/C=C\CCCCCCCCCC. The van der Waals surface area contributed by atoms with Crippen LogP contribution in [0.3, 0.4) is 0 Å². The number of carbonyl (C=O) groups excluding carboxylic acids is 3. The van der Waals surface area contributed by atoms with Gasteiger partial charge in [-0.25, -0.2) is 0 Å². The predicted octanol–water partition coefficient (Wildman–Crippen LogP) is 24.2. The maximum atomic E-state index is 12.9. The van der Waals surface area contributed by atoms with E-state index in [0.29, 0.717) is 19.3 Å². The fraction of sp³-hybridized carbons (Fsp3) is 0.724. The van der Waals surface area contributed by atoms with Gasteiger partial charge in [-0.1, -0.05) is 316 Å². The van der Waals surface area contributed by atoms with Crippen LogP contribution in [-0.4, -0.2) is 37.2 Å². The number of carbonyl (C=O) groups is 3. The van der Waals surface area contributed by atoms with Gasteiger partial charge in [-0.2, -0.15) is 0 Å². The molecule has 0 aromatic rings. The van der Waals surface area contributed by atoms with Gasteiger partial charge in [-0.15, -0.1) is 0 Å². The molecular weight excluding hydrogens is 1010 g/mol. The highest BCUT2D eigenvalue weighted by atomic mass is 16.6. The van der Waals surface area contributed by atoms with Gasteiger partial charge in [-0.3, -0.25) is 14.4 Å². The lowest BCUT2D eigenvalue weighted by atomic mass is 10.0. The van der Waals surface area contributed by atoms with Crippen molar-refractivity contribution in [1.29, 1.82) is 0 Å². The van der Waals surface area contributed by atoms with Crippen LogP contribution in [0.4, 0.5) is 0 Å². The lowest BCUT2D eigenvalue weighted by Gasteiger charge is -2.18. The molecule has 6 heteroatoms. The Morgan fingerprint density at radius 3 is 0.756 bits per heavy atom. The minimum Gasteiger partial charge on any atom is -0.462 e. The van der Waals surface area contributed by atoms with Crippen LogP contribution in [0.2, 0.25) is 0 Å². The molecule has 470 valence electrons. The van der Waals surface area contributed by atoms with Crippen LogP contribution in [0.1, 0.15) is 335 Å². The van der Waals surface area contributed by atoms with Crippen LogP contribution in [0, 0.1) is 0 Å². The molecule has 1 unspecified atom stereocenters. The molecule has 0 rings (SSSR count). The Morgan fingerprint density at radius 1 is 0.256 bits per heavy atom. The zero-order valence-corrected chi connectivity index (χ0v) is 54.0. The Bertz CT molecular complexity index is 1640. The van der Waals surface area contributed by atoms with Gasteiger partial charge < -0.3 is 14.2 Å². The van der Waals surface area contributed by atoms with Crippen LogP contribution in [-0.2, 0) is 28.6 Å². The van der Waals surface area contributed by atoms with Crippen molar-refractivity contribution in [3.8, 4) is 0 Å². The Kier molecular flexibility index (Phi) is 66.2. The third-order valence-electron chi connectivity index (χ3n) is 15.0. The van der Waals surface area contributed by atoms with Crippen LogP contribution in [0.15, 0.2) is 109 Å². The Labute approximate surface area is 508 Å². The van der Waals surface area contributed by atoms with E-state index in [-0.39, 0.29) is 31.1 Å². The van der Waals surface area contributed by atoms with Crippen molar-refractivity contribution >= 4 is 17.9 Å². The molecule has 0 aliphatic heterocycles. The van der Waals surface area contributed by atoms with Gasteiger partial charge in [0.1, 0.15) is 13.2 Å². The first-order valence-electron chi connectivity index (χ1n) is 34.9. The van der Waals surface area contributed by atoms with Crippen molar-refractivity contribution in [1.82, 2.24) is 0 Å². The van der Waals surface area contributed by atoms with E-state index in [4.69, 9.17) is 14.2 Å². The van der Waals surface area contributed by atoms with Gasteiger partial charge >= 0.3 is 17.9 Å². The molecule has 0 aliphatic carbocycles. The Hall–Kier alpha value is -3.93. The molecule has 0 spiro atoms. The van der Waals surface area contributed by atoms with Crippen molar-refractivity contribution in [3.05, 3.63) is 109 Å². The van der Waals surface area contributed by atoms with Crippen LogP contribution < -0.4 is 0 Å². The average molecular weight is 1140 g/mol. The summed E-state index contributed by atoms with van der Waals surface area (Å²) < 4.78 is 17.0. The fourth-order valence-corrected chi connectivity index (χ4v) is 9.81. The molecule has 1 atom stereocenters. The molecule has 0 aromatic carbocycles. The van der Waals surface area contributed by atoms with Crippen LogP contribution >= 0.6 is 0 Å². The molecule has 82 heavy (non-hydrogen) atoms. The second-order valence-electron chi connectivity index (χ2n) is 23.1. The van der Waals surface area contributed by atoms with Crippen molar-refractivity contribution in [3.63, 3.8) is 0 Å². The largest absolute Gasteiger partial charge is 0.462 e. The summed E-state index contributed by atoms with van der Waals surface area (Å²) in [4.78, 5) is 38.4. The average Bonchev–Trinajstić information content (AvgIpc) is 3.47. The minimum atomic E-state index is -0.791. The number of hydrogen-bond donors (Lipinski definition) is 0. The molecule has 0 radical (unpaired) electrons. The maximum Gasteiger partial charge on any atom is 0.306 e. The zero-order chi connectivity index (χ0) is 59.2. The van der Waals surface area contributed by atoms with E-state index in [1.54, 1.807) is 0 Å². The predicted molar refractivity (Wildman–Crippen MR) is 357 cm³/mol. The van der Waals surface area contributed by atoms with Crippen molar-refractivity contribution < 1.29 is 28.6 Å². The maximum absolute atomic E-state index is 12.9. The number of allylic oxidation sites excluding steroid dienone is 18. The number of rotatable bonds is 63. The molecule has 0 saturated carbocycles. The molecular formula is C76H130O6. The third kappa shape index (κ3) is 66.9. The van der Waals surface area contributed by atoms with E-state index >= 15 is 0 Å². The highest BCUT2D eigenvalue weighted by Crippen LogP contribution is 2.17. The zero-order valence-electron chi connectivity index (χ0n) is 54.0. The number of ether oxygens (including phenoxy) is 3. The summed E-state index contributed by atoms with van der Waals surface area (Å²) in [5.41, 5.74) is 0. The minimum absolute atomic E-state index is 0.0845. The molecule has 6 nitrogen and oxygen atoms in total. The van der Waals surface area contributed by atoms with Gasteiger partial charge in [-0.05, 0) is 109 Å². The monoisotopic (exact) mass is 1140 g/mol. The van der Waals surface area contributed by atoms with Crippen molar-refractivity contribution in [2.24, 2.45) is 0 Å². The van der Waals surface area contributed by atoms with Gasteiger partial charge in [0.15, 0.2) is 6.10 Å². The first-order valence-corrected chi connectivity index (χ1v) is 34.9. The molecule has 0 bridgehead atoms. The van der Waals surface area contributed by atoms with E-state index in [1.807, 2.05) is 0 Å². The van der Waals surface area contributed by atoms with E-state index in [0.717, 1.165) is 122 Å². The molecule has 0 saturated heterocycles. The normalized spacial score (nSPS) is 12.8.